The maximum atomic E-state index is 12.9. The summed E-state index contributed by atoms with van der Waals surface area (Å²) < 4.78 is 16.9. The molecule has 0 aromatic carbocycles. The number of hydrogen-bond donors (Lipinski definition) is 0. The number of allylic oxidation sites excluding steroid dienone is 6. The van der Waals surface area contributed by atoms with Crippen molar-refractivity contribution >= 4 is 17.9 Å². The van der Waals surface area contributed by atoms with Crippen LogP contribution in [0, 0.1) is 0 Å². The fourth-order valence-electron chi connectivity index (χ4n) is 9.35. The monoisotopic (exact) mass is 997 g/mol. The van der Waals surface area contributed by atoms with Crippen LogP contribution < -0.4 is 0 Å². The summed E-state index contributed by atoms with van der Waals surface area (Å²) in [4.78, 5) is 38.3. The summed E-state index contributed by atoms with van der Waals surface area (Å²) in [6.07, 6.45) is 72.8. The van der Waals surface area contributed by atoms with Gasteiger partial charge in [0.05, 0.1) is 0 Å². The molecule has 0 amide bonds. The van der Waals surface area contributed by atoms with Crippen LogP contribution >= 0.6 is 0 Å². The summed E-state index contributed by atoms with van der Waals surface area (Å²) in [6, 6.07) is 0. The van der Waals surface area contributed by atoms with E-state index in [9.17, 15) is 14.4 Å². The van der Waals surface area contributed by atoms with Gasteiger partial charge in [0.2, 0.25) is 0 Å². The minimum absolute atomic E-state index is 0.0738. The zero-order valence-electron chi connectivity index (χ0n) is 47.8. The Morgan fingerprint density at radius 2 is 0.507 bits per heavy atom. The first-order valence-electron chi connectivity index (χ1n) is 31.5. The van der Waals surface area contributed by atoms with E-state index in [1.165, 1.54) is 225 Å². The summed E-state index contributed by atoms with van der Waals surface area (Å²) in [5, 5.41) is 0. The molecule has 0 N–H and O–H groups in total. The van der Waals surface area contributed by atoms with Crippen molar-refractivity contribution in [2.45, 2.75) is 348 Å². The molecule has 0 radical (unpaired) electrons. The number of rotatable bonds is 58. The maximum absolute atomic E-state index is 12.9. The van der Waals surface area contributed by atoms with Crippen LogP contribution in [0.2, 0.25) is 0 Å². The lowest BCUT2D eigenvalue weighted by molar-refractivity contribution is -0.167. The first-order valence-corrected chi connectivity index (χ1v) is 31.5. The molecule has 0 spiro atoms. The Balaban J connectivity index is 4.33. The molecule has 0 heterocycles. The van der Waals surface area contributed by atoms with Gasteiger partial charge in [-0.25, -0.2) is 0 Å². The van der Waals surface area contributed by atoms with E-state index in [1.807, 2.05) is 0 Å². The minimum atomic E-state index is -0.776. The molecule has 1 atom stereocenters. The van der Waals surface area contributed by atoms with Gasteiger partial charge in [0, 0.05) is 19.3 Å². The van der Waals surface area contributed by atoms with E-state index in [-0.39, 0.29) is 31.1 Å². The molecule has 0 aliphatic rings. The molecule has 416 valence electrons. The number of ether oxygens (including phenoxy) is 3. The molecular formula is C65H120O6. The predicted octanol–water partition coefficient (Wildman–Crippen LogP) is 21.2. The van der Waals surface area contributed by atoms with Crippen LogP contribution in [0.1, 0.15) is 342 Å². The van der Waals surface area contributed by atoms with Gasteiger partial charge in [-0.2, -0.15) is 0 Å². The van der Waals surface area contributed by atoms with Gasteiger partial charge < -0.3 is 14.2 Å². The molecule has 0 aliphatic carbocycles. The van der Waals surface area contributed by atoms with Crippen LogP contribution in [0.4, 0.5) is 0 Å². The third-order valence-electron chi connectivity index (χ3n) is 14.1. The van der Waals surface area contributed by atoms with Crippen molar-refractivity contribution in [3.63, 3.8) is 0 Å². The molecular weight excluding hydrogens is 877 g/mol. The predicted molar refractivity (Wildman–Crippen MR) is 307 cm³/mol. The van der Waals surface area contributed by atoms with Crippen molar-refractivity contribution in [1.82, 2.24) is 0 Å². The van der Waals surface area contributed by atoms with E-state index in [0.717, 1.165) is 77.0 Å². The number of unbranched alkanes of at least 4 members (excludes halogenated alkanes) is 41. The standard InChI is InChI=1S/C65H120O6/c1-4-7-10-13-16-19-22-25-28-30-32-34-37-40-43-46-49-52-55-58-64(67)70-61-62(60-69-63(66)57-54-51-48-45-42-39-36-27-24-21-18-15-12-9-6-3)71-65(68)59-56-53-50-47-44-41-38-35-33-31-29-26-23-20-17-14-11-8-5-2/h18,21,25,27-28,36,62H,4-17,19-20,22-24,26,29-35,37-61H2,1-3H3/b21-18-,28-25-,36-27-/t62-/m1/s1. The van der Waals surface area contributed by atoms with Crippen molar-refractivity contribution in [3.8, 4) is 0 Å². The van der Waals surface area contributed by atoms with Gasteiger partial charge in [-0.15, -0.1) is 0 Å². The molecule has 0 saturated heterocycles. The molecule has 0 fully saturated rings. The zero-order valence-corrected chi connectivity index (χ0v) is 47.8. The van der Waals surface area contributed by atoms with Crippen LogP contribution in [0.15, 0.2) is 36.5 Å². The Bertz CT molecular complexity index is 1190. The summed E-state index contributed by atoms with van der Waals surface area (Å²) in [5.74, 6) is -0.867. The van der Waals surface area contributed by atoms with Crippen molar-refractivity contribution in [2.75, 3.05) is 13.2 Å². The minimum Gasteiger partial charge on any atom is -0.462 e. The summed E-state index contributed by atoms with van der Waals surface area (Å²) in [5.41, 5.74) is 0. The number of carbonyl (C=O) groups is 3. The fraction of sp³-hybridized carbons (Fsp3) is 0.862. The van der Waals surface area contributed by atoms with Gasteiger partial charge in [-0.1, -0.05) is 282 Å². The lowest BCUT2D eigenvalue weighted by Crippen LogP contribution is -2.30. The highest BCUT2D eigenvalue weighted by atomic mass is 16.6. The second kappa shape index (κ2) is 60.2. The van der Waals surface area contributed by atoms with Gasteiger partial charge >= 0.3 is 17.9 Å². The lowest BCUT2D eigenvalue weighted by Gasteiger charge is -2.18. The van der Waals surface area contributed by atoms with Crippen molar-refractivity contribution in [3.05, 3.63) is 36.5 Å². The molecule has 6 nitrogen and oxygen atoms in total. The fourth-order valence-corrected chi connectivity index (χ4v) is 9.35. The van der Waals surface area contributed by atoms with Gasteiger partial charge in [-0.3, -0.25) is 14.4 Å². The molecule has 71 heavy (non-hydrogen) atoms. The largest absolute Gasteiger partial charge is 0.462 e. The number of carbonyl (C=O) groups excluding carboxylic acids is 3. The molecule has 0 rings (SSSR count). The Labute approximate surface area is 442 Å². The van der Waals surface area contributed by atoms with Crippen LogP contribution in [0.25, 0.3) is 0 Å². The number of esters is 3. The average molecular weight is 998 g/mol. The second-order valence-corrected chi connectivity index (χ2v) is 21.3. The topological polar surface area (TPSA) is 78.9 Å². The summed E-state index contributed by atoms with van der Waals surface area (Å²) >= 11 is 0. The Hall–Kier alpha value is -2.37. The quantitative estimate of drug-likeness (QED) is 0.0261. The third kappa shape index (κ3) is 58.4. The van der Waals surface area contributed by atoms with Gasteiger partial charge in [0.25, 0.3) is 0 Å². The molecule has 0 aromatic rings. The SMILES string of the molecule is CCCCC/C=C\C/C=C\CCCCCCCC(=O)OC[C@H](COC(=O)CCCCCCCCCCC/C=C\CCCCCCCC)OC(=O)CCCCCCCCCCCCCCCCCCCCC. The van der Waals surface area contributed by atoms with Crippen LogP contribution in [-0.2, 0) is 28.6 Å². The molecule has 0 aromatic heterocycles. The normalized spacial score (nSPS) is 12.2. The van der Waals surface area contributed by atoms with Gasteiger partial charge in [0.1, 0.15) is 13.2 Å². The summed E-state index contributed by atoms with van der Waals surface area (Å²) in [6.45, 7) is 6.65. The van der Waals surface area contributed by atoms with Crippen molar-refractivity contribution in [2.24, 2.45) is 0 Å². The number of hydrogen-bond acceptors (Lipinski definition) is 6. The Kier molecular flexibility index (Phi) is 58.2. The highest BCUT2D eigenvalue weighted by molar-refractivity contribution is 5.71. The third-order valence-corrected chi connectivity index (χ3v) is 14.1. The smallest absolute Gasteiger partial charge is 0.306 e. The van der Waals surface area contributed by atoms with E-state index in [1.54, 1.807) is 0 Å². The van der Waals surface area contributed by atoms with E-state index < -0.39 is 6.10 Å². The van der Waals surface area contributed by atoms with Crippen LogP contribution in [-0.4, -0.2) is 37.2 Å². The van der Waals surface area contributed by atoms with Crippen molar-refractivity contribution < 1.29 is 28.6 Å². The van der Waals surface area contributed by atoms with Crippen LogP contribution in [0.3, 0.4) is 0 Å². The Morgan fingerprint density at radius 3 is 0.817 bits per heavy atom. The lowest BCUT2D eigenvalue weighted by atomic mass is 10.0. The molecule has 6 heteroatoms. The molecule has 0 bridgehead atoms. The highest BCUT2D eigenvalue weighted by Gasteiger charge is 2.19. The maximum Gasteiger partial charge on any atom is 0.306 e. The summed E-state index contributed by atoms with van der Waals surface area (Å²) in [7, 11) is 0. The highest BCUT2D eigenvalue weighted by Crippen LogP contribution is 2.17. The molecule has 0 unspecified atom stereocenters. The van der Waals surface area contributed by atoms with Gasteiger partial charge in [-0.05, 0) is 77.0 Å². The van der Waals surface area contributed by atoms with E-state index in [0.29, 0.717) is 19.3 Å². The molecule has 0 aliphatic heterocycles. The zero-order chi connectivity index (χ0) is 51.4. The van der Waals surface area contributed by atoms with Gasteiger partial charge in [0.15, 0.2) is 6.10 Å². The first-order chi connectivity index (χ1) is 35.0. The van der Waals surface area contributed by atoms with E-state index in [4.69, 9.17) is 14.2 Å². The van der Waals surface area contributed by atoms with E-state index >= 15 is 0 Å². The average Bonchev–Trinajstić information content (AvgIpc) is 3.37. The molecule has 0 saturated carbocycles. The van der Waals surface area contributed by atoms with E-state index in [2.05, 4.69) is 57.2 Å². The Morgan fingerprint density at radius 1 is 0.282 bits per heavy atom. The first kappa shape index (κ1) is 68.6. The van der Waals surface area contributed by atoms with Crippen molar-refractivity contribution in [1.29, 1.82) is 0 Å². The van der Waals surface area contributed by atoms with Crippen LogP contribution in [0.5, 0.6) is 0 Å². The second-order valence-electron chi connectivity index (χ2n) is 21.3.